The summed E-state index contributed by atoms with van der Waals surface area (Å²) in [7, 11) is 1.49. The number of anilines is 1. The van der Waals surface area contributed by atoms with E-state index >= 15 is 0 Å². The third-order valence-electron chi connectivity index (χ3n) is 6.29. The van der Waals surface area contributed by atoms with Crippen molar-refractivity contribution in [1.82, 2.24) is 10.4 Å². The summed E-state index contributed by atoms with van der Waals surface area (Å²) < 4.78 is 6.15. The largest absolute Gasteiger partial charge is 0.495 e. The van der Waals surface area contributed by atoms with Crippen molar-refractivity contribution >= 4 is 39.3 Å². The molecule has 0 radical (unpaired) electrons. The summed E-state index contributed by atoms with van der Waals surface area (Å²) in [6.45, 7) is 1.98. The summed E-state index contributed by atoms with van der Waals surface area (Å²) >= 11 is 3.39. The van der Waals surface area contributed by atoms with Crippen molar-refractivity contribution in [2.75, 3.05) is 12.0 Å². The lowest BCUT2D eigenvalue weighted by atomic mass is 9.90. The number of aryl methyl sites for hydroxylation is 1. The number of imide groups is 1. The van der Waals surface area contributed by atoms with Gasteiger partial charge < -0.3 is 4.74 Å². The SMILES string of the molecule is COc1ccccc1N1C(=O)[C@H]2[C@@H](C1=O)N(C(=O)c1cccc(Br)c1)N[C@H]2c1ccc(C)cc1. The molecule has 0 saturated carbocycles. The van der Waals surface area contributed by atoms with Crippen molar-refractivity contribution < 1.29 is 19.1 Å². The van der Waals surface area contributed by atoms with E-state index in [-0.39, 0.29) is 11.8 Å². The molecule has 3 amide bonds. The van der Waals surface area contributed by atoms with Crippen LogP contribution in [-0.4, -0.2) is 35.9 Å². The second kappa shape index (κ2) is 8.70. The molecule has 8 heteroatoms. The normalized spacial score (nSPS) is 21.7. The summed E-state index contributed by atoms with van der Waals surface area (Å²) in [5, 5.41) is 1.31. The maximum Gasteiger partial charge on any atom is 0.268 e. The highest BCUT2D eigenvalue weighted by Gasteiger charge is 2.60. The number of benzene rings is 3. The van der Waals surface area contributed by atoms with Gasteiger partial charge in [-0.15, -0.1) is 0 Å². The molecule has 1 N–H and O–H groups in total. The van der Waals surface area contributed by atoms with Crippen molar-refractivity contribution in [1.29, 1.82) is 0 Å². The first-order valence-corrected chi connectivity index (χ1v) is 11.6. The summed E-state index contributed by atoms with van der Waals surface area (Å²) in [6, 6.07) is 20.0. The Balaban J connectivity index is 1.60. The van der Waals surface area contributed by atoms with Gasteiger partial charge in [-0.25, -0.2) is 10.3 Å². The monoisotopic (exact) mass is 519 g/mol. The summed E-state index contributed by atoms with van der Waals surface area (Å²) in [4.78, 5) is 42.1. The topological polar surface area (TPSA) is 79.0 Å². The minimum atomic E-state index is -0.991. The lowest BCUT2D eigenvalue weighted by molar-refractivity contribution is -0.123. The van der Waals surface area contributed by atoms with Gasteiger partial charge >= 0.3 is 0 Å². The van der Waals surface area contributed by atoms with Crippen LogP contribution in [0, 0.1) is 12.8 Å². The number of halogens is 1. The van der Waals surface area contributed by atoms with Crippen LogP contribution in [0.2, 0.25) is 0 Å². The highest BCUT2D eigenvalue weighted by atomic mass is 79.9. The molecule has 0 spiro atoms. The minimum absolute atomic E-state index is 0.368. The molecule has 2 aliphatic heterocycles. The zero-order valence-electron chi connectivity index (χ0n) is 18.6. The first kappa shape index (κ1) is 22.3. The van der Waals surface area contributed by atoms with E-state index in [0.29, 0.717) is 17.0 Å². The van der Waals surface area contributed by atoms with Crippen LogP contribution in [-0.2, 0) is 9.59 Å². The maximum atomic E-state index is 13.7. The van der Waals surface area contributed by atoms with Gasteiger partial charge in [0.2, 0.25) is 5.91 Å². The molecule has 0 aliphatic carbocycles. The van der Waals surface area contributed by atoms with Crippen LogP contribution >= 0.6 is 15.9 Å². The molecule has 5 rings (SSSR count). The van der Waals surface area contributed by atoms with Crippen molar-refractivity contribution in [2.24, 2.45) is 5.92 Å². The molecular formula is C26H22BrN3O4. The Morgan fingerprint density at radius 2 is 1.71 bits per heavy atom. The Hall–Kier alpha value is -3.49. The molecule has 34 heavy (non-hydrogen) atoms. The summed E-state index contributed by atoms with van der Waals surface area (Å²) in [6.07, 6.45) is 0. The number of fused-ring (bicyclic) bond motifs is 1. The van der Waals surface area contributed by atoms with E-state index in [2.05, 4.69) is 21.4 Å². The Morgan fingerprint density at radius 1 is 0.971 bits per heavy atom. The standard InChI is InChI=1S/C26H22BrN3O4/c1-15-10-12-16(13-11-15)22-21-23(30(28-22)24(31)17-6-5-7-18(27)14-17)26(33)29(25(21)32)19-8-3-4-9-20(19)34-2/h3-14,21-23,28H,1-2H3/t21-,22+,23+/m1/s1. The second-order valence-corrected chi connectivity index (χ2v) is 9.27. The van der Waals surface area contributed by atoms with E-state index in [0.717, 1.165) is 20.5 Å². The Morgan fingerprint density at radius 3 is 2.41 bits per heavy atom. The number of hydrogen-bond donors (Lipinski definition) is 1. The molecule has 2 saturated heterocycles. The number of para-hydroxylation sites is 2. The molecule has 3 aromatic rings. The summed E-state index contributed by atoms with van der Waals surface area (Å²) in [5.74, 6) is -1.59. The number of hydrazine groups is 1. The lowest BCUT2D eigenvalue weighted by Crippen LogP contribution is -2.48. The average molecular weight is 520 g/mol. The molecule has 0 unspecified atom stereocenters. The van der Waals surface area contributed by atoms with E-state index in [4.69, 9.17) is 4.74 Å². The summed E-state index contributed by atoms with van der Waals surface area (Å²) in [5.41, 5.74) is 5.85. The average Bonchev–Trinajstić information content (AvgIpc) is 3.35. The lowest BCUT2D eigenvalue weighted by Gasteiger charge is -2.26. The van der Waals surface area contributed by atoms with Crippen LogP contribution in [0.3, 0.4) is 0 Å². The Labute approximate surface area is 205 Å². The quantitative estimate of drug-likeness (QED) is 0.526. The predicted octanol–water partition coefficient (Wildman–Crippen LogP) is 4.03. The first-order valence-electron chi connectivity index (χ1n) is 10.8. The van der Waals surface area contributed by atoms with E-state index in [9.17, 15) is 14.4 Å². The zero-order valence-corrected chi connectivity index (χ0v) is 20.2. The highest BCUT2D eigenvalue weighted by Crippen LogP contribution is 2.44. The molecular weight excluding hydrogens is 498 g/mol. The Kier molecular flexibility index (Phi) is 5.71. The van der Waals surface area contributed by atoms with Gasteiger partial charge in [0.15, 0.2) is 0 Å². The number of amides is 3. The molecule has 2 fully saturated rings. The van der Waals surface area contributed by atoms with E-state index in [1.54, 1.807) is 42.5 Å². The number of nitrogens with one attached hydrogen (secondary N) is 1. The molecule has 2 heterocycles. The number of nitrogens with zero attached hydrogens (tertiary/aromatic N) is 2. The van der Waals surface area contributed by atoms with E-state index in [1.807, 2.05) is 37.3 Å². The van der Waals surface area contributed by atoms with E-state index < -0.39 is 23.9 Å². The van der Waals surface area contributed by atoms with Crippen LogP contribution in [0.5, 0.6) is 5.75 Å². The fourth-order valence-corrected chi connectivity index (χ4v) is 5.04. The van der Waals surface area contributed by atoms with Gasteiger partial charge in [0.05, 0.1) is 24.8 Å². The van der Waals surface area contributed by atoms with Gasteiger partial charge in [0.25, 0.3) is 11.8 Å². The molecule has 2 aliphatic rings. The molecule has 3 aromatic carbocycles. The maximum absolute atomic E-state index is 13.7. The number of rotatable bonds is 4. The Bertz CT molecular complexity index is 1290. The van der Waals surface area contributed by atoms with Crippen LogP contribution in [0.1, 0.15) is 27.5 Å². The third kappa shape index (κ3) is 3.59. The van der Waals surface area contributed by atoms with Gasteiger partial charge in [-0.05, 0) is 42.8 Å². The van der Waals surface area contributed by atoms with Gasteiger partial charge in [-0.2, -0.15) is 0 Å². The van der Waals surface area contributed by atoms with Crippen molar-refractivity contribution in [3.63, 3.8) is 0 Å². The third-order valence-corrected chi connectivity index (χ3v) is 6.78. The second-order valence-electron chi connectivity index (χ2n) is 8.36. The van der Waals surface area contributed by atoms with Gasteiger partial charge in [-0.3, -0.25) is 19.4 Å². The fourth-order valence-electron chi connectivity index (χ4n) is 4.64. The molecule has 172 valence electrons. The van der Waals surface area contributed by atoms with Gasteiger partial charge in [0, 0.05) is 10.0 Å². The number of ether oxygens (including phenoxy) is 1. The van der Waals surface area contributed by atoms with Crippen molar-refractivity contribution in [2.45, 2.75) is 19.0 Å². The van der Waals surface area contributed by atoms with Gasteiger partial charge in [-0.1, -0.05) is 64.0 Å². The van der Waals surface area contributed by atoms with Crippen LogP contribution in [0.15, 0.2) is 77.3 Å². The van der Waals surface area contributed by atoms with E-state index in [1.165, 1.54) is 12.1 Å². The molecule has 7 nitrogen and oxygen atoms in total. The van der Waals surface area contributed by atoms with Crippen LogP contribution in [0.25, 0.3) is 0 Å². The fraction of sp³-hybridized carbons (Fsp3) is 0.192. The minimum Gasteiger partial charge on any atom is -0.495 e. The van der Waals surface area contributed by atoms with Crippen LogP contribution < -0.4 is 15.1 Å². The first-order chi connectivity index (χ1) is 16.4. The van der Waals surface area contributed by atoms with Crippen molar-refractivity contribution in [3.8, 4) is 5.75 Å². The zero-order chi connectivity index (χ0) is 24.0. The van der Waals surface area contributed by atoms with Crippen LogP contribution in [0.4, 0.5) is 5.69 Å². The van der Waals surface area contributed by atoms with Gasteiger partial charge in [0.1, 0.15) is 11.8 Å². The molecule has 0 bridgehead atoms. The number of methoxy groups -OCH3 is 1. The number of hydrogen-bond acceptors (Lipinski definition) is 5. The van der Waals surface area contributed by atoms with Crippen molar-refractivity contribution in [3.05, 3.63) is 94.0 Å². The highest BCUT2D eigenvalue weighted by molar-refractivity contribution is 9.10. The molecule has 0 aromatic heterocycles. The smallest absolute Gasteiger partial charge is 0.268 e. The predicted molar refractivity (Wildman–Crippen MR) is 130 cm³/mol. The number of carbonyl (C=O) groups is 3. The number of carbonyl (C=O) groups excluding carboxylic acids is 3. The molecule has 3 atom stereocenters.